The Morgan fingerprint density at radius 2 is 1.76 bits per heavy atom. The quantitative estimate of drug-likeness (QED) is 0.754. The Hall–Kier alpha value is -1.34. The molecule has 0 amide bonds. The maximum atomic E-state index is 5.70. The van der Waals surface area contributed by atoms with Crippen LogP contribution in [0.3, 0.4) is 0 Å². The topological polar surface area (TPSA) is 26.0 Å². The molecule has 1 aromatic rings. The molecule has 17 heavy (non-hydrogen) atoms. The van der Waals surface area contributed by atoms with Crippen LogP contribution >= 0.6 is 0 Å². The van der Waals surface area contributed by atoms with Gasteiger partial charge in [0, 0.05) is 6.54 Å². The molecule has 1 rings (SSSR count). The zero-order valence-corrected chi connectivity index (χ0v) is 11.2. The molecule has 0 spiro atoms. The van der Waals surface area contributed by atoms with E-state index in [0.717, 1.165) is 12.8 Å². The Morgan fingerprint density at radius 1 is 1.12 bits per heavy atom. The van der Waals surface area contributed by atoms with Gasteiger partial charge in [0.25, 0.3) is 0 Å². The van der Waals surface area contributed by atoms with Gasteiger partial charge in [0.1, 0.15) is 0 Å². The Balaban J connectivity index is 3.24. The molecule has 0 heterocycles. The molecule has 2 N–H and O–H groups in total. The van der Waals surface area contributed by atoms with Gasteiger partial charge in [-0.3, -0.25) is 0 Å². The third kappa shape index (κ3) is 3.57. The minimum absolute atomic E-state index is 0.588. The average molecular weight is 229 g/mol. The van der Waals surface area contributed by atoms with E-state index in [4.69, 9.17) is 5.73 Å². The highest BCUT2D eigenvalue weighted by Crippen LogP contribution is 2.28. The van der Waals surface area contributed by atoms with E-state index in [1.807, 2.05) is 6.07 Å². The van der Waals surface area contributed by atoms with Crippen LogP contribution in [0.15, 0.2) is 47.6 Å². The molecular formula is C16H23N. The van der Waals surface area contributed by atoms with Crippen LogP contribution in [0, 0.1) is 0 Å². The molecule has 1 heteroatoms. The lowest BCUT2D eigenvalue weighted by Crippen LogP contribution is -1.99. The first-order valence-electron chi connectivity index (χ1n) is 6.39. The van der Waals surface area contributed by atoms with Crippen molar-refractivity contribution >= 4 is 5.57 Å². The smallest absolute Gasteiger partial charge is 0.0116 e. The van der Waals surface area contributed by atoms with Gasteiger partial charge in [0.15, 0.2) is 0 Å². The van der Waals surface area contributed by atoms with Crippen molar-refractivity contribution in [2.24, 2.45) is 5.73 Å². The van der Waals surface area contributed by atoms with Crippen LogP contribution in [-0.4, -0.2) is 6.54 Å². The van der Waals surface area contributed by atoms with E-state index in [2.05, 4.69) is 51.1 Å². The summed E-state index contributed by atoms with van der Waals surface area (Å²) in [6.45, 7) is 7.22. The van der Waals surface area contributed by atoms with Gasteiger partial charge in [-0.05, 0) is 36.5 Å². The third-order valence-corrected chi connectivity index (χ3v) is 3.13. The number of benzene rings is 1. The summed E-state index contributed by atoms with van der Waals surface area (Å²) in [4.78, 5) is 0. The molecule has 0 aliphatic rings. The van der Waals surface area contributed by atoms with Crippen LogP contribution in [0.1, 0.15) is 39.2 Å². The minimum Gasteiger partial charge on any atom is -0.327 e. The van der Waals surface area contributed by atoms with Crippen molar-refractivity contribution in [2.75, 3.05) is 6.54 Å². The fourth-order valence-corrected chi connectivity index (χ4v) is 2.09. The second kappa shape index (κ2) is 7.08. The molecule has 0 bridgehead atoms. The van der Waals surface area contributed by atoms with Gasteiger partial charge in [-0.1, -0.05) is 55.8 Å². The standard InChI is InChI=1S/C16H23N/c1-4-13(3)15(5-2)16(11-12-17)14-9-7-6-8-10-14/h6-11H,4-5,12,17H2,1-3H3/b15-13+,16-11-. The van der Waals surface area contributed by atoms with Gasteiger partial charge >= 0.3 is 0 Å². The van der Waals surface area contributed by atoms with Gasteiger partial charge < -0.3 is 5.73 Å². The second-order valence-corrected chi connectivity index (χ2v) is 4.19. The molecule has 0 aliphatic carbocycles. The highest BCUT2D eigenvalue weighted by Gasteiger charge is 2.08. The summed E-state index contributed by atoms with van der Waals surface area (Å²) in [5, 5.41) is 0. The maximum absolute atomic E-state index is 5.70. The van der Waals surface area contributed by atoms with Gasteiger partial charge in [-0.2, -0.15) is 0 Å². The summed E-state index contributed by atoms with van der Waals surface area (Å²) in [6.07, 6.45) is 4.28. The second-order valence-electron chi connectivity index (χ2n) is 4.19. The predicted molar refractivity (Wildman–Crippen MR) is 76.8 cm³/mol. The van der Waals surface area contributed by atoms with Crippen LogP contribution in [0.5, 0.6) is 0 Å². The maximum Gasteiger partial charge on any atom is 0.0116 e. The summed E-state index contributed by atoms with van der Waals surface area (Å²) in [7, 11) is 0. The fourth-order valence-electron chi connectivity index (χ4n) is 2.09. The van der Waals surface area contributed by atoms with Crippen LogP contribution in [0.25, 0.3) is 5.57 Å². The van der Waals surface area contributed by atoms with Gasteiger partial charge in [-0.15, -0.1) is 0 Å². The molecule has 0 radical (unpaired) electrons. The SMILES string of the molecule is CC/C(C)=C(CC)/C(=C\CN)c1ccccc1. The molecule has 0 aliphatic heterocycles. The van der Waals surface area contributed by atoms with Crippen molar-refractivity contribution in [3.63, 3.8) is 0 Å². The number of rotatable bonds is 5. The zero-order chi connectivity index (χ0) is 12.7. The Bertz CT molecular complexity index is 399. The first-order chi connectivity index (χ1) is 8.24. The van der Waals surface area contributed by atoms with Gasteiger partial charge in [0.2, 0.25) is 0 Å². The van der Waals surface area contributed by atoms with Crippen molar-refractivity contribution in [2.45, 2.75) is 33.6 Å². The predicted octanol–water partition coefficient (Wildman–Crippen LogP) is 4.17. The monoisotopic (exact) mass is 229 g/mol. The van der Waals surface area contributed by atoms with Gasteiger partial charge in [-0.25, -0.2) is 0 Å². The summed E-state index contributed by atoms with van der Waals surface area (Å²) < 4.78 is 0. The van der Waals surface area contributed by atoms with Crippen molar-refractivity contribution in [3.05, 3.63) is 53.1 Å². The first-order valence-corrected chi connectivity index (χ1v) is 6.39. The highest BCUT2D eigenvalue weighted by molar-refractivity contribution is 5.79. The molecule has 1 aromatic carbocycles. The Kier molecular flexibility index (Phi) is 5.71. The lowest BCUT2D eigenvalue weighted by atomic mass is 9.91. The molecule has 1 nitrogen and oxygen atoms in total. The van der Waals surface area contributed by atoms with Gasteiger partial charge in [0.05, 0.1) is 0 Å². The van der Waals surface area contributed by atoms with E-state index in [1.54, 1.807) is 0 Å². The number of allylic oxidation sites excluding steroid dienone is 3. The molecule has 0 saturated heterocycles. The summed E-state index contributed by atoms with van der Waals surface area (Å²) in [5.74, 6) is 0. The summed E-state index contributed by atoms with van der Waals surface area (Å²) in [5.41, 5.74) is 11.2. The van der Waals surface area contributed by atoms with E-state index < -0.39 is 0 Å². The van der Waals surface area contributed by atoms with E-state index in [9.17, 15) is 0 Å². The number of hydrogen-bond donors (Lipinski definition) is 1. The van der Waals surface area contributed by atoms with Crippen LogP contribution in [-0.2, 0) is 0 Å². The number of nitrogens with two attached hydrogens (primary N) is 1. The van der Waals surface area contributed by atoms with Crippen LogP contribution in [0.4, 0.5) is 0 Å². The Labute approximate surface area is 105 Å². The Morgan fingerprint density at radius 3 is 2.24 bits per heavy atom. The van der Waals surface area contributed by atoms with Crippen molar-refractivity contribution in [1.82, 2.24) is 0 Å². The first kappa shape index (κ1) is 13.7. The van der Waals surface area contributed by atoms with E-state index >= 15 is 0 Å². The summed E-state index contributed by atoms with van der Waals surface area (Å²) in [6, 6.07) is 10.5. The van der Waals surface area contributed by atoms with Crippen LogP contribution in [0.2, 0.25) is 0 Å². The molecule has 0 saturated carbocycles. The number of hydrogen-bond acceptors (Lipinski definition) is 1. The third-order valence-electron chi connectivity index (χ3n) is 3.13. The van der Waals surface area contributed by atoms with Crippen molar-refractivity contribution in [1.29, 1.82) is 0 Å². The zero-order valence-electron chi connectivity index (χ0n) is 11.2. The molecule has 0 aromatic heterocycles. The van der Waals surface area contributed by atoms with Crippen LogP contribution < -0.4 is 5.73 Å². The van der Waals surface area contributed by atoms with E-state index in [1.165, 1.54) is 22.3 Å². The lowest BCUT2D eigenvalue weighted by Gasteiger charge is -2.14. The summed E-state index contributed by atoms with van der Waals surface area (Å²) >= 11 is 0. The lowest BCUT2D eigenvalue weighted by molar-refractivity contribution is 1.02. The average Bonchev–Trinajstić information content (AvgIpc) is 2.39. The van der Waals surface area contributed by atoms with E-state index in [0.29, 0.717) is 6.54 Å². The fraction of sp³-hybridized carbons (Fsp3) is 0.375. The normalized spacial score (nSPS) is 13.5. The van der Waals surface area contributed by atoms with Crippen molar-refractivity contribution < 1.29 is 0 Å². The minimum atomic E-state index is 0.588. The molecule has 92 valence electrons. The molecule has 0 unspecified atom stereocenters. The highest BCUT2D eigenvalue weighted by atomic mass is 14.5. The van der Waals surface area contributed by atoms with Crippen molar-refractivity contribution in [3.8, 4) is 0 Å². The molecule has 0 fully saturated rings. The molecular weight excluding hydrogens is 206 g/mol. The molecule has 0 atom stereocenters. The van der Waals surface area contributed by atoms with E-state index in [-0.39, 0.29) is 0 Å². The largest absolute Gasteiger partial charge is 0.327 e.